The number of hydrogen-bond donors (Lipinski definition) is 0. The summed E-state index contributed by atoms with van der Waals surface area (Å²) in [6.07, 6.45) is 6.95. The van der Waals surface area contributed by atoms with Crippen LogP contribution in [0, 0.1) is 0 Å². The van der Waals surface area contributed by atoms with E-state index in [0.717, 1.165) is 17.8 Å². The molecule has 0 fully saturated rings. The number of rotatable bonds is 4. The molecule has 2 nitrogen and oxygen atoms in total. The van der Waals surface area contributed by atoms with E-state index < -0.39 is 0 Å². The van der Waals surface area contributed by atoms with Gasteiger partial charge in [0.1, 0.15) is 0 Å². The normalized spacial score (nSPS) is 10.2. The fourth-order valence-electron chi connectivity index (χ4n) is 0.938. The van der Waals surface area contributed by atoms with E-state index in [1.165, 1.54) is 12.8 Å². The highest BCUT2D eigenvalue weighted by Gasteiger charge is 1.95. The van der Waals surface area contributed by atoms with Crippen LogP contribution in [0.25, 0.3) is 0 Å². The van der Waals surface area contributed by atoms with Gasteiger partial charge in [0.25, 0.3) is 0 Å². The Morgan fingerprint density at radius 3 is 2.42 bits per heavy atom. The molecule has 0 amide bonds. The second-order valence-corrected chi connectivity index (χ2v) is 3.00. The van der Waals surface area contributed by atoms with Gasteiger partial charge in [0.2, 0.25) is 0 Å². The summed E-state index contributed by atoms with van der Waals surface area (Å²) >= 11 is 5.58. The number of aryl methyl sites for hydroxylation is 1. The van der Waals surface area contributed by atoms with Crippen molar-refractivity contribution in [3.63, 3.8) is 0 Å². The molecule has 0 aliphatic heterocycles. The van der Waals surface area contributed by atoms with Gasteiger partial charge in [-0.15, -0.1) is 11.6 Å². The molecule has 0 aliphatic carbocycles. The van der Waals surface area contributed by atoms with Crippen LogP contribution in [-0.2, 0) is 12.3 Å². The van der Waals surface area contributed by atoms with Gasteiger partial charge in [0.15, 0.2) is 0 Å². The Labute approximate surface area is 78.0 Å². The molecule has 0 saturated carbocycles. The van der Waals surface area contributed by atoms with Crippen molar-refractivity contribution in [3.8, 4) is 0 Å². The van der Waals surface area contributed by atoms with Crippen LogP contribution in [0.1, 0.15) is 31.2 Å². The van der Waals surface area contributed by atoms with Gasteiger partial charge in [-0.05, 0) is 12.8 Å². The minimum Gasteiger partial charge on any atom is -0.258 e. The van der Waals surface area contributed by atoms with E-state index >= 15 is 0 Å². The molecule has 0 aromatic carbocycles. The van der Waals surface area contributed by atoms with E-state index in [2.05, 4.69) is 16.9 Å². The van der Waals surface area contributed by atoms with Crippen molar-refractivity contribution in [2.24, 2.45) is 0 Å². The fourth-order valence-corrected chi connectivity index (χ4v) is 1.08. The highest BCUT2D eigenvalue weighted by molar-refractivity contribution is 6.16. The Hall–Kier alpha value is -0.630. The zero-order chi connectivity index (χ0) is 8.81. The van der Waals surface area contributed by atoms with Crippen molar-refractivity contribution in [2.75, 3.05) is 0 Å². The number of nitrogens with zero attached hydrogens (tertiary/aromatic N) is 2. The third-order valence-electron chi connectivity index (χ3n) is 1.68. The van der Waals surface area contributed by atoms with Crippen LogP contribution >= 0.6 is 11.6 Å². The summed E-state index contributed by atoms with van der Waals surface area (Å²) in [7, 11) is 0. The first-order valence-electron chi connectivity index (χ1n) is 4.22. The molecule has 1 rings (SSSR count). The monoisotopic (exact) mass is 184 g/mol. The lowest BCUT2D eigenvalue weighted by Gasteiger charge is -1.98. The zero-order valence-electron chi connectivity index (χ0n) is 7.26. The van der Waals surface area contributed by atoms with E-state index in [4.69, 9.17) is 11.6 Å². The first kappa shape index (κ1) is 9.46. The van der Waals surface area contributed by atoms with E-state index in [-0.39, 0.29) is 0 Å². The molecule has 0 saturated heterocycles. The van der Waals surface area contributed by atoms with Gasteiger partial charge >= 0.3 is 0 Å². The first-order chi connectivity index (χ1) is 5.86. The fraction of sp³-hybridized carbons (Fsp3) is 0.556. The second-order valence-electron chi connectivity index (χ2n) is 2.74. The molecule has 0 bridgehead atoms. The largest absolute Gasteiger partial charge is 0.258 e. The van der Waals surface area contributed by atoms with Gasteiger partial charge in [-0.25, -0.2) is 0 Å². The van der Waals surface area contributed by atoms with E-state index in [9.17, 15) is 0 Å². The third-order valence-corrected chi connectivity index (χ3v) is 1.96. The highest BCUT2D eigenvalue weighted by Crippen LogP contribution is 2.02. The maximum Gasteiger partial charge on any atom is 0.0734 e. The Morgan fingerprint density at radius 1 is 1.25 bits per heavy atom. The quantitative estimate of drug-likeness (QED) is 0.673. The number of aromatic nitrogens is 2. The number of unbranched alkanes of at least 4 members (excludes halogenated alkanes) is 1. The predicted octanol–water partition coefficient (Wildman–Crippen LogP) is 2.56. The van der Waals surface area contributed by atoms with Gasteiger partial charge in [-0.3, -0.25) is 9.97 Å². The van der Waals surface area contributed by atoms with Crippen molar-refractivity contribution < 1.29 is 0 Å². The number of halogens is 1. The average molecular weight is 185 g/mol. The van der Waals surface area contributed by atoms with Gasteiger partial charge < -0.3 is 0 Å². The van der Waals surface area contributed by atoms with Crippen molar-refractivity contribution in [3.05, 3.63) is 23.8 Å². The molecule has 1 aromatic heterocycles. The summed E-state index contributed by atoms with van der Waals surface area (Å²) in [6.45, 7) is 2.17. The molecule has 1 heterocycles. The van der Waals surface area contributed by atoms with E-state index in [1.807, 2.05) is 6.20 Å². The lowest BCUT2D eigenvalue weighted by Crippen LogP contribution is -1.94. The van der Waals surface area contributed by atoms with E-state index in [1.54, 1.807) is 6.20 Å². The topological polar surface area (TPSA) is 25.8 Å². The molecule has 0 aliphatic rings. The molecule has 0 N–H and O–H groups in total. The molecule has 0 radical (unpaired) electrons. The average Bonchev–Trinajstić information content (AvgIpc) is 2.15. The highest BCUT2D eigenvalue weighted by atomic mass is 35.5. The number of alkyl halides is 1. The molecular formula is C9H13ClN2. The summed E-state index contributed by atoms with van der Waals surface area (Å²) < 4.78 is 0. The van der Waals surface area contributed by atoms with Gasteiger partial charge in [-0.1, -0.05) is 13.3 Å². The second kappa shape index (κ2) is 5.09. The molecule has 1 aromatic rings. The minimum atomic E-state index is 0.445. The molecular weight excluding hydrogens is 172 g/mol. The smallest absolute Gasteiger partial charge is 0.0734 e. The molecule has 0 unspecified atom stereocenters. The zero-order valence-corrected chi connectivity index (χ0v) is 8.01. The lowest BCUT2D eigenvalue weighted by atomic mass is 10.2. The Morgan fingerprint density at radius 2 is 1.92 bits per heavy atom. The van der Waals surface area contributed by atoms with Crippen LogP contribution < -0.4 is 0 Å². The summed E-state index contributed by atoms with van der Waals surface area (Å²) in [4.78, 5) is 8.40. The molecule has 3 heteroatoms. The molecule has 66 valence electrons. The summed E-state index contributed by atoms with van der Waals surface area (Å²) in [5.74, 6) is 0.445. The van der Waals surface area contributed by atoms with Crippen molar-refractivity contribution in [1.29, 1.82) is 0 Å². The van der Waals surface area contributed by atoms with E-state index in [0.29, 0.717) is 5.88 Å². The van der Waals surface area contributed by atoms with Gasteiger partial charge in [0.05, 0.1) is 17.3 Å². The van der Waals surface area contributed by atoms with Crippen LogP contribution in [0.5, 0.6) is 0 Å². The first-order valence-corrected chi connectivity index (χ1v) is 4.76. The van der Waals surface area contributed by atoms with Crippen LogP contribution in [0.4, 0.5) is 0 Å². The third kappa shape index (κ3) is 2.78. The van der Waals surface area contributed by atoms with Crippen molar-refractivity contribution in [1.82, 2.24) is 9.97 Å². The molecule has 12 heavy (non-hydrogen) atoms. The predicted molar refractivity (Wildman–Crippen MR) is 50.2 cm³/mol. The summed E-state index contributed by atoms with van der Waals surface area (Å²) in [5.41, 5.74) is 1.91. The maximum absolute atomic E-state index is 5.58. The minimum absolute atomic E-state index is 0.445. The standard InChI is InChI=1S/C9H13ClN2/c1-2-3-4-8-6-12-9(5-10)7-11-8/h6-7H,2-5H2,1H3. The molecule has 0 spiro atoms. The van der Waals surface area contributed by atoms with Crippen LogP contribution in [0.15, 0.2) is 12.4 Å². The van der Waals surface area contributed by atoms with Crippen LogP contribution in [-0.4, -0.2) is 9.97 Å². The van der Waals surface area contributed by atoms with Crippen LogP contribution in [0.3, 0.4) is 0 Å². The Bertz CT molecular complexity index is 220. The summed E-state index contributed by atoms with van der Waals surface area (Å²) in [6, 6.07) is 0. The maximum atomic E-state index is 5.58. The van der Waals surface area contributed by atoms with Crippen LogP contribution in [0.2, 0.25) is 0 Å². The lowest BCUT2D eigenvalue weighted by molar-refractivity contribution is 0.769. The van der Waals surface area contributed by atoms with Crippen molar-refractivity contribution in [2.45, 2.75) is 32.1 Å². The summed E-state index contributed by atoms with van der Waals surface area (Å²) in [5, 5.41) is 0. The number of hydrogen-bond acceptors (Lipinski definition) is 2. The Kier molecular flexibility index (Phi) is 4.01. The Balaban J connectivity index is 2.53. The van der Waals surface area contributed by atoms with Crippen molar-refractivity contribution >= 4 is 11.6 Å². The van der Waals surface area contributed by atoms with Gasteiger partial charge in [0, 0.05) is 12.4 Å². The van der Waals surface area contributed by atoms with Gasteiger partial charge in [-0.2, -0.15) is 0 Å². The SMILES string of the molecule is CCCCc1cnc(CCl)cn1. The molecule has 0 atom stereocenters.